The monoisotopic (exact) mass is 361 g/mol. The van der Waals surface area contributed by atoms with Crippen LogP contribution < -0.4 is 0 Å². The van der Waals surface area contributed by atoms with Crippen molar-refractivity contribution in [2.24, 2.45) is 5.92 Å². The average molecular weight is 361 g/mol. The zero-order chi connectivity index (χ0) is 18.4. The molecule has 138 valence electrons. The van der Waals surface area contributed by atoms with Gasteiger partial charge in [-0.05, 0) is 12.8 Å². The Morgan fingerprint density at radius 3 is 2.56 bits per heavy atom. The van der Waals surface area contributed by atoms with Crippen LogP contribution in [-0.2, 0) is 9.53 Å². The third-order valence-corrected chi connectivity index (χ3v) is 4.04. The Hall–Kier alpha value is -1.96. The number of hydrogen-bond acceptors (Lipinski definition) is 3. The number of rotatable bonds is 7. The standard InChI is InChI=1S/C17H19F4NO3/c18-16(19)17(20,21)11-25-10-14(23)22-8-4-7-13(9-22)15(24)12-5-2-1-3-6-12/h1-3,5-6,13,16H,4,7-11H2/t13-/m0/s1. The lowest BCUT2D eigenvalue weighted by Gasteiger charge is -2.32. The fraction of sp³-hybridized carbons (Fsp3) is 0.529. The zero-order valence-corrected chi connectivity index (χ0v) is 13.5. The molecule has 25 heavy (non-hydrogen) atoms. The molecule has 0 bridgehead atoms. The Morgan fingerprint density at radius 1 is 1.24 bits per heavy atom. The number of nitrogens with zero attached hydrogens (tertiary/aromatic N) is 1. The highest BCUT2D eigenvalue weighted by atomic mass is 19.3. The highest BCUT2D eigenvalue weighted by Gasteiger charge is 2.41. The van der Waals surface area contributed by atoms with Crippen LogP contribution in [-0.4, -0.2) is 55.2 Å². The van der Waals surface area contributed by atoms with Crippen LogP contribution in [0.5, 0.6) is 0 Å². The molecule has 1 saturated heterocycles. The van der Waals surface area contributed by atoms with Crippen molar-refractivity contribution in [1.29, 1.82) is 0 Å². The molecular formula is C17H19F4NO3. The van der Waals surface area contributed by atoms with Gasteiger partial charge in [-0.1, -0.05) is 30.3 Å². The van der Waals surface area contributed by atoms with Crippen molar-refractivity contribution >= 4 is 11.7 Å². The van der Waals surface area contributed by atoms with Gasteiger partial charge in [0.15, 0.2) is 5.78 Å². The maximum Gasteiger partial charge on any atom is 0.330 e. The molecule has 0 N–H and O–H groups in total. The molecule has 1 fully saturated rings. The van der Waals surface area contributed by atoms with Gasteiger partial charge in [0.25, 0.3) is 0 Å². The molecule has 0 aromatic heterocycles. The molecule has 0 unspecified atom stereocenters. The summed E-state index contributed by atoms with van der Waals surface area (Å²) < 4.78 is 54.0. The Kier molecular flexibility index (Phi) is 6.52. The summed E-state index contributed by atoms with van der Waals surface area (Å²) in [6.45, 7) is -1.68. The molecular weight excluding hydrogens is 342 g/mol. The summed E-state index contributed by atoms with van der Waals surface area (Å²) in [5, 5.41) is 0. The number of Topliss-reactive ketones (excluding diaryl/α,β-unsaturated/α-hetero) is 1. The summed E-state index contributed by atoms with van der Waals surface area (Å²) in [6, 6.07) is 8.67. The van der Waals surface area contributed by atoms with Crippen LogP contribution in [0, 0.1) is 5.92 Å². The van der Waals surface area contributed by atoms with Gasteiger partial charge in [-0.25, -0.2) is 8.78 Å². The number of halogens is 4. The van der Waals surface area contributed by atoms with Crippen molar-refractivity contribution in [1.82, 2.24) is 4.90 Å². The van der Waals surface area contributed by atoms with Gasteiger partial charge in [0.2, 0.25) is 5.91 Å². The van der Waals surface area contributed by atoms with Crippen LogP contribution >= 0.6 is 0 Å². The van der Waals surface area contributed by atoms with E-state index in [1.807, 2.05) is 0 Å². The molecule has 1 aromatic rings. The second-order valence-electron chi connectivity index (χ2n) is 5.96. The van der Waals surface area contributed by atoms with Crippen molar-refractivity contribution in [2.45, 2.75) is 25.2 Å². The third kappa shape index (κ3) is 5.26. The summed E-state index contributed by atoms with van der Waals surface area (Å²) in [5.41, 5.74) is 0.551. The summed E-state index contributed by atoms with van der Waals surface area (Å²) in [4.78, 5) is 25.8. The number of carbonyl (C=O) groups is 2. The number of likely N-dealkylation sites (tertiary alicyclic amines) is 1. The predicted octanol–water partition coefficient (Wildman–Crippen LogP) is 3.02. The molecule has 1 heterocycles. The summed E-state index contributed by atoms with van der Waals surface area (Å²) >= 11 is 0. The maximum atomic E-state index is 12.8. The first-order valence-corrected chi connectivity index (χ1v) is 7.92. The predicted molar refractivity (Wildman–Crippen MR) is 81.8 cm³/mol. The lowest BCUT2D eigenvalue weighted by molar-refractivity contribution is -0.171. The van der Waals surface area contributed by atoms with E-state index in [4.69, 9.17) is 0 Å². The maximum absolute atomic E-state index is 12.8. The van der Waals surface area contributed by atoms with E-state index in [-0.39, 0.29) is 18.2 Å². The number of ether oxygens (including phenoxy) is 1. The molecule has 2 rings (SSSR count). The summed E-state index contributed by atoms with van der Waals surface area (Å²) in [6.07, 6.45) is -2.62. The highest BCUT2D eigenvalue weighted by molar-refractivity contribution is 5.98. The minimum absolute atomic E-state index is 0.0803. The van der Waals surface area contributed by atoms with Crippen LogP contribution in [0.3, 0.4) is 0 Å². The van der Waals surface area contributed by atoms with E-state index in [1.54, 1.807) is 30.3 Å². The molecule has 1 aromatic carbocycles. The molecule has 8 heteroatoms. The normalized spacial score (nSPS) is 18.4. The zero-order valence-electron chi connectivity index (χ0n) is 13.5. The molecule has 0 radical (unpaired) electrons. The number of piperidine rings is 1. The Balaban J connectivity index is 1.86. The minimum Gasteiger partial charge on any atom is -0.365 e. The SMILES string of the molecule is O=C(c1ccccc1)[C@H]1CCCN(C(=O)COCC(F)(F)C(F)F)C1. The molecule has 1 amide bonds. The average Bonchev–Trinajstić information content (AvgIpc) is 2.61. The van der Waals surface area contributed by atoms with E-state index in [9.17, 15) is 27.2 Å². The number of alkyl halides is 4. The molecule has 0 saturated carbocycles. The first-order chi connectivity index (χ1) is 11.8. The molecule has 4 nitrogen and oxygen atoms in total. The lowest BCUT2D eigenvalue weighted by Crippen LogP contribution is -2.44. The number of hydrogen-bond donors (Lipinski definition) is 0. The first kappa shape index (κ1) is 19.4. The van der Waals surface area contributed by atoms with Crippen molar-refractivity contribution < 1.29 is 31.9 Å². The van der Waals surface area contributed by atoms with E-state index in [1.165, 1.54) is 4.90 Å². The van der Waals surface area contributed by atoms with Gasteiger partial charge >= 0.3 is 12.3 Å². The number of ketones is 1. The Morgan fingerprint density at radius 2 is 1.92 bits per heavy atom. The minimum atomic E-state index is -4.28. The largest absolute Gasteiger partial charge is 0.365 e. The van der Waals surface area contributed by atoms with Crippen LogP contribution in [0.4, 0.5) is 17.6 Å². The summed E-state index contributed by atoms with van der Waals surface area (Å²) in [7, 11) is 0. The third-order valence-electron chi connectivity index (χ3n) is 4.04. The van der Waals surface area contributed by atoms with Gasteiger partial charge in [0.1, 0.15) is 13.2 Å². The van der Waals surface area contributed by atoms with E-state index in [0.29, 0.717) is 24.9 Å². The second kappa shape index (κ2) is 8.42. The number of amides is 1. The first-order valence-electron chi connectivity index (χ1n) is 7.92. The van der Waals surface area contributed by atoms with Crippen LogP contribution in [0.2, 0.25) is 0 Å². The smallest absolute Gasteiger partial charge is 0.330 e. The van der Waals surface area contributed by atoms with E-state index < -0.39 is 31.5 Å². The molecule has 0 spiro atoms. The van der Waals surface area contributed by atoms with Crippen molar-refractivity contribution in [2.75, 3.05) is 26.3 Å². The van der Waals surface area contributed by atoms with Gasteiger partial charge in [0, 0.05) is 24.6 Å². The molecule has 0 aliphatic carbocycles. The number of benzene rings is 1. The molecule has 1 aliphatic heterocycles. The van der Waals surface area contributed by atoms with E-state index >= 15 is 0 Å². The van der Waals surface area contributed by atoms with Gasteiger partial charge in [0.05, 0.1) is 0 Å². The van der Waals surface area contributed by atoms with Crippen LogP contribution in [0.1, 0.15) is 23.2 Å². The van der Waals surface area contributed by atoms with Crippen molar-refractivity contribution in [3.05, 3.63) is 35.9 Å². The molecule has 1 aliphatic rings. The highest BCUT2D eigenvalue weighted by Crippen LogP contribution is 2.23. The van der Waals surface area contributed by atoms with Crippen LogP contribution in [0.25, 0.3) is 0 Å². The Labute approximate surface area is 142 Å². The van der Waals surface area contributed by atoms with Gasteiger partial charge in [-0.15, -0.1) is 0 Å². The summed E-state index contributed by atoms with van der Waals surface area (Å²) in [5.74, 6) is -5.32. The quantitative estimate of drug-likeness (QED) is 0.554. The van der Waals surface area contributed by atoms with Crippen molar-refractivity contribution in [3.63, 3.8) is 0 Å². The fourth-order valence-corrected chi connectivity index (χ4v) is 2.68. The van der Waals surface area contributed by atoms with Crippen molar-refractivity contribution in [3.8, 4) is 0 Å². The lowest BCUT2D eigenvalue weighted by atomic mass is 9.90. The van der Waals surface area contributed by atoms with E-state index in [0.717, 1.165) is 0 Å². The number of carbonyl (C=O) groups excluding carboxylic acids is 2. The fourth-order valence-electron chi connectivity index (χ4n) is 2.68. The van der Waals surface area contributed by atoms with Crippen LogP contribution in [0.15, 0.2) is 30.3 Å². The Bertz CT molecular complexity index is 595. The molecule has 1 atom stereocenters. The van der Waals surface area contributed by atoms with Gasteiger partial charge < -0.3 is 9.64 Å². The topological polar surface area (TPSA) is 46.6 Å². The van der Waals surface area contributed by atoms with Gasteiger partial charge in [-0.3, -0.25) is 9.59 Å². The van der Waals surface area contributed by atoms with E-state index in [2.05, 4.69) is 4.74 Å². The van der Waals surface area contributed by atoms with Gasteiger partial charge in [-0.2, -0.15) is 8.78 Å². The second-order valence-corrected chi connectivity index (χ2v) is 5.96.